The van der Waals surface area contributed by atoms with Crippen LogP contribution in [0.3, 0.4) is 0 Å². The van der Waals surface area contributed by atoms with Crippen molar-refractivity contribution >= 4 is 0 Å². The fraction of sp³-hybridized carbons (Fsp3) is 0.267. The Labute approximate surface area is 117 Å². The average molecular weight is 267 g/mol. The Morgan fingerprint density at radius 1 is 1.20 bits per heavy atom. The third-order valence-electron chi connectivity index (χ3n) is 3.10. The number of H-pyrrole nitrogens is 1. The third-order valence-corrected chi connectivity index (χ3v) is 3.10. The van der Waals surface area contributed by atoms with Crippen LogP contribution in [-0.4, -0.2) is 25.0 Å². The van der Waals surface area contributed by atoms with Crippen LogP contribution in [0, 0.1) is 6.92 Å². The Morgan fingerprint density at radius 3 is 2.75 bits per heavy atom. The van der Waals surface area contributed by atoms with Gasteiger partial charge in [0, 0.05) is 12.1 Å². The minimum absolute atomic E-state index is 0.782. The summed E-state index contributed by atoms with van der Waals surface area (Å²) in [6, 6.07) is 12.1. The summed E-state index contributed by atoms with van der Waals surface area (Å²) in [5.41, 5.74) is 2.91. The highest BCUT2D eigenvalue weighted by Gasteiger charge is 2.12. The summed E-state index contributed by atoms with van der Waals surface area (Å²) < 4.78 is 1.93. The molecule has 3 aromatic rings. The van der Waals surface area contributed by atoms with Crippen LogP contribution in [0.15, 0.2) is 36.4 Å². The van der Waals surface area contributed by atoms with Crippen LogP contribution in [0.1, 0.15) is 19.2 Å². The van der Waals surface area contributed by atoms with E-state index >= 15 is 0 Å². The minimum Gasteiger partial charge on any atom is -0.274 e. The van der Waals surface area contributed by atoms with Gasteiger partial charge in [-0.1, -0.05) is 37.3 Å². The molecular weight excluding hydrogens is 250 g/mol. The molecule has 5 heteroatoms. The molecule has 20 heavy (non-hydrogen) atoms. The molecular formula is C15H17N5. The van der Waals surface area contributed by atoms with Crippen molar-refractivity contribution in [2.45, 2.75) is 26.8 Å². The van der Waals surface area contributed by atoms with Crippen molar-refractivity contribution in [1.82, 2.24) is 25.0 Å². The maximum atomic E-state index is 4.49. The van der Waals surface area contributed by atoms with Crippen LogP contribution in [-0.2, 0) is 6.54 Å². The predicted octanol–water partition coefficient (Wildman–Crippen LogP) is 3.05. The van der Waals surface area contributed by atoms with Gasteiger partial charge >= 0.3 is 0 Å². The molecule has 3 rings (SSSR count). The van der Waals surface area contributed by atoms with E-state index in [1.165, 1.54) is 0 Å². The number of aromatic amines is 1. The molecule has 0 saturated heterocycles. The van der Waals surface area contributed by atoms with Gasteiger partial charge in [-0.3, -0.25) is 5.10 Å². The summed E-state index contributed by atoms with van der Waals surface area (Å²) in [6.45, 7) is 4.89. The van der Waals surface area contributed by atoms with E-state index in [4.69, 9.17) is 0 Å². The summed E-state index contributed by atoms with van der Waals surface area (Å²) >= 11 is 0. The van der Waals surface area contributed by atoms with Crippen molar-refractivity contribution in [2.75, 3.05) is 0 Å². The van der Waals surface area contributed by atoms with E-state index in [0.717, 1.165) is 41.6 Å². The van der Waals surface area contributed by atoms with E-state index < -0.39 is 0 Å². The molecule has 5 nitrogen and oxygen atoms in total. The second-order valence-corrected chi connectivity index (χ2v) is 4.74. The van der Waals surface area contributed by atoms with Crippen molar-refractivity contribution in [2.24, 2.45) is 0 Å². The van der Waals surface area contributed by atoms with Gasteiger partial charge in [-0.15, -0.1) is 0 Å². The van der Waals surface area contributed by atoms with Crippen LogP contribution in [0.25, 0.3) is 22.8 Å². The van der Waals surface area contributed by atoms with Crippen LogP contribution in [0.5, 0.6) is 0 Å². The molecule has 0 aliphatic carbocycles. The van der Waals surface area contributed by atoms with E-state index in [1.807, 2.05) is 48.0 Å². The topological polar surface area (TPSA) is 59.4 Å². The van der Waals surface area contributed by atoms with E-state index in [-0.39, 0.29) is 0 Å². The third kappa shape index (κ3) is 2.34. The van der Waals surface area contributed by atoms with Gasteiger partial charge in [-0.05, 0) is 19.4 Å². The molecule has 0 bridgehead atoms. The summed E-state index contributed by atoms with van der Waals surface area (Å²) in [7, 11) is 0. The lowest BCUT2D eigenvalue weighted by atomic mass is 10.1. The first-order valence-corrected chi connectivity index (χ1v) is 6.80. The molecule has 0 atom stereocenters. The van der Waals surface area contributed by atoms with Crippen molar-refractivity contribution in [1.29, 1.82) is 0 Å². The summed E-state index contributed by atoms with van der Waals surface area (Å²) in [5.74, 6) is 1.63. The largest absolute Gasteiger partial charge is 0.274 e. The Bertz CT molecular complexity index is 696. The Kier molecular flexibility index (Phi) is 3.33. The van der Waals surface area contributed by atoms with Gasteiger partial charge in [0.25, 0.3) is 0 Å². The SMILES string of the molecule is CCCn1nc(C)nc1-c1cc(-c2ccccc2)n[nH]1. The first kappa shape index (κ1) is 12.6. The molecule has 1 N–H and O–H groups in total. The smallest absolute Gasteiger partial charge is 0.176 e. The van der Waals surface area contributed by atoms with Crippen molar-refractivity contribution in [3.05, 3.63) is 42.2 Å². The van der Waals surface area contributed by atoms with Crippen LogP contribution in [0.2, 0.25) is 0 Å². The first-order chi connectivity index (χ1) is 9.78. The lowest BCUT2D eigenvalue weighted by Gasteiger charge is -2.00. The van der Waals surface area contributed by atoms with Gasteiger partial charge in [0.2, 0.25) is 0 Å². The van der Waals surface area contributed by atoms with Gasteiger partial charge in [-0.25, -0.2) is 9.67 Å². The highest BCUT2D eigenvalue weighted by atomic mass is 15.4. The summed E-state index contributed by atoms with van der Waals surface area (Å²) in [6.07, 6.45) is 1.02. The molecule has 0 radical (unpaired) electrons. The fourth-order valence-corrected chi connectivity index (χ4v) is 2.22. The highest BCUT2D eigenvalue weighted by Crippen LogP contribution is 2.22. The molecule has 102 valence electrons. The van der Waals surface area contributed by atoms with Crippen LogP contribution in [0.4, 0.5) is 0 Å². The first-order valence-electron chi connectivity index (χ1n) is 6.80. The van der Waals surface area contributed by atoms with Crippen LogP contribution < -0.4 is 0 Å². The Hall–Kier alpha value is -2.43. The lowest BCUT2D eigenvalue weighted by Crippen LogP contribution is -2.02. The Morgan fingerprint density at radius 2 is 2.00 bits per heavy atom. The van der Waals surface area contributed by atoms with Crippen molar-refractivity contribution in [3.8, 4) is 22.8 Å². The van der Waals surface area contributed by atoms with E-state index in [2.05, 4.69) is 27.2 Å². The summed E-state index contributed by atoms with van der Waals surface area (Å²) in [5, 5.41) is 11.8. The maximum Gasteiger partial charge on any atom is 0.176 e. The van der Waals surface area contributed by atoms with E-state index in [1.54, 1.807) is 0 Å². The highest BCUT2D eigenvalue weighted by molar-refractivity contribution is 5.64. The number of nitrogens with zero attached hydrogens (tertiary/aromatic N) is 4. The normalized spacial score (nSPS) is 10.9. The molecule has 0 unspecified atom stereocenters. The monoisotopic (exact) mass is 267 g/mol. The molecule has 1 aromatic carbocycles. The van der Waals surface area contributed by atoms with Crippen LogP contribution >= 0.6 is 0 Å². The Balaban J connectivity index is 1.98. The zero-order valence-electron chi connectivity index (χ0n) is 11.7. The predicted molar refractivity (Wildman–Crippen MR) is 78.1 cm³/mol. The lowest BCUT2D eigenvalue weighted by molar-refractivity contribution is 0.602. The zero-order chi connectivity index (χ0) is 13.9. The molecule has 2 aromatic heterocycles. The number of nitrogens with one attached hydrogen (secondary N) is 1. The molecule has 0 amide bonds. The van der Waals surface area contributed by atoms with Gasteiger partial charge < -0.3 is 0 Å². The fourth-order valence-electron chi connectivity index (χ4n) is 2.22. The van der Waals surface area contributed by atoms with Gasteiger partial charge in [0.15, 0.2) is 5.82 Å². The maximum absolute atomic E-state index is 4.49. The van der Waals surface area contributed by atoms with Gasteiger partial charge in [-0.2, -0.15) is 10.2 Å². The summed E-state index contributed by atoms with van der Waals surface area (Å²) in [4.78, 5) is 4.49. The average Bonchev–Trinajstić information content (AvgIpc) is 3.07. The molecule has 0 fully saturated rings. The zero-order valence-corrected chi connectivity index (χ0v) is 11.7. The van der Waals surface area contributed by atoms with Gasteiger partial charge in [0.1, 0.15) is 11.5 Å². The number of benzene rings is 1. The van der Waals surface area contributed by atoms with Crippen molar-refractivity contribution < 1.29 is 0 Å². The second kappa shape index (κ2) is 5.28. The standard InChI is InChI=1S/C15H17N5/c1-3-9-20-15(16-11(2)19-20)14-10-13(17-18-14)12-7-5-4-6-8-12/h4-8,10H,3,9H2,1-2H3,(H,17,18). The number of aromatic nitrogens is 5. The molecule has 0 saturated carbocycles. The number of aryl methyl sites for hydroxylation is 2. The van der Waals surface area contributed by atoms with Gasteiger partial charge in [0.05, 0.1) is 5.69 Å². The number of hydrogen-bond donors (Lipinski definition) is 1. The number of rotatable bonds is 4. The second-order valence-electron chi connectivity index (χ2n) is 4.74. The van der Waals surface area contributed by atoms with Crippen molar-refractivity contribution in [3.63, 3.8) is 0 Å². The molecule has 0 aliphatic rings. The number of hydrogen-bond acceptors (Lipinski definition) is 3. The molecule has 2 heterocycles. The van der Waals surface area contributed by atoms with E-state index in [0.29, 0.717) is 0 Å². The quantitative estimate of drug-likeness (QED) is 0.790. The minimum atomic E-state index is 0.782. The van der Waals surface area contributed by atoms with E-state index in [9.17, 15) is 0 Å². The molecule has 0 spiro atoms. The molecule has 0 aliphatic heterocycles.